The van der Waals surface area contributed by atoms with E-state index in [-0.39, 0.29) is 11.2 Å². The van der Waals surface area contributed by atoms with Crippen molar-refractivity contribution in [2.75, 3.05) is 0 Å². The molecule has 33 heavy (non-hydrogen) atoms. The van der Waals surface area contributed by atoms with Gasteiger partial charge in [0.2, 0.25) is 0 Å². The first-order chi connectivity index (χ1) is 15.9. The zero-order valence-electron chi connectivity index (χ0n) is 19.4. The van der Waals surface area contributed by atoms with Crippen molar-refractivity contribution in [2.24, 2.45) is 0 Å². The molecule has 0 saturated carbocycles. The molecule has 2 heteroatoms. The summed E-state index contributed by atoms with van der Waals surface area (Å²) in [5, 5.41) is 19.3. The summed E-state index contributed by atoms with van der Waals surface area (Å²) in [6.45, 7) is 7.97. The van der Waals surface area contributed by atoms with Crippen LogP contribution in [0.3, 0.4) is 0 Å². The molecule has 0 heterocycles. The molecule has 0 aromatic heterocycles. The number of phenols is 2. The molecule has 0 bridgehead atoms. The topological polar surface area (TPSA) is 40.5 Å². The molecule has 2 nitrogen and oxygen atoms in total. The lowest BCUT2D eigenvalue weighted by molar-refractivity contribution is 0.468. The van der Waals surface area contributed by atoms with Crippen molar-refractivity contribution in [1.82, 2.24) is 0 Å². The first-order valence-corrected chi connectivity index (χ1v) is 11.2. The van der Waals surface area contributed by atoms with Crippen LogP contribution in [-0.4, -0.2) is 10.2 Å². The molecule has 4 rings (SSSR count). The van der Waals surface area contributed by atoms with Gasteiger partial charge in [-0.25, -0.2) is 0 Å². The third-order valence-electron chi connectivity index (χ3n) is 5.85. The van der Waals surface area contributed by atoms with Gasteiger partial charge in [-0.05, 0) is 58.9 Å². The Bertz CT molecular complexity index is 1110. The maximum atomic E-state index is 9.86. The van der Waals surface area contributed by atoms with Crippen LogP contribution in [0.2, 0.25) is 0 Å². The Balaban J connectivity index is 0.000000203. The van der Waals surface area contributed by atoms with E-state index in [1.54, 1.807) is 24.3 Å². The van der Waals surface area contributed by atoms with E-state index in [1.807, 2.05) is 24.3 Å². The van der Waals surface area contributed by atoms with Gasteiger partial charge in [-0.1, -0.05) is 105 Å². The Labute approximate surface area is 197 Å². The SMILES string of the molecule is C=CCc1cc(C(C)(C)c2ccc(O)cc2)ccc1O.c1ccc(Cc2ccccc2)cc1. The molecule has 168 valence electrons. The average Bonchev–Trinajstić information content (AvgIpc) is 2.83. The van der Waals surface area contributed by atoms with Crippen molar-refractivity contribution < 1.29 is 10.2 Å². The molecule has 2 N–H and O–H groups in total. The van der Waals surface area contributed by atoms with Gasteiger partial charge in [-0.2, -0.15) is 0 Å². The van der Waals surface area contributed by atoms with E-state index in [0.717, 1.165) is 23.1 Å². The molecule has 0 spiro atoms. The number of hydrogen-bond acceptors (Lipinski definition) is 2. The van der Waals surface area contributed by atoms with Crippen molar-refractivity contribution in [2.45, 2.75) is 32.1 Å². The number of rotatable bonds is 6. The van der Waals surface area contributed by atoms with Crippen LogP contribution in [0.15, 0.2) is 116 Å². The standard InChI is InChI=1S/C18H20O2.C13H12/c1-4-5-13-12-15(8-11-17(13)20)18(2,3)14-6-9-16(19)10-7-14;1-3-7-12(8-4-1)11-13-9-5-2-6-10-13/h4,6-12,19-20H,1,5H2,2-3H3;1-10H,11H2. The monoisotopic (exact) mass is 436 g/mol. The maximum absolute atomic E-state index is 9.86. The number of allylic oxidation sites excluding steroid dienone is 1. The zero-order valence-corrected chi connectivity index (χ0v) is 19.4. The summed E-state index contributed by atoms with van der Waals surface area (Å²) in [6.07, 6.45) is 3.46. The van der Waals surface area contributed by atoms with Crippen molar-refractivity contribution in [1.29, 1.82) is 0 Å². The van der Waals surface area contributed by atoms with Gasteiger partial charge in [0.05, 0.1) is 0 Å². The first-order valence-electron chi connectivity index (χ1n) is 11.2. The van der Waals surface area contributed by atoms with E-state index in [1.165, 1.54) is 11.1 Å². The van der Waals surface area contributed by atoms with E-state index in [0.29, 0.717) is 12.2 Å². The van der Waals surface area contributed by atoms with Crippen LogP contribution < -0.4 is 0 Å². The van der Waals surface area contributed by atoms with Crippen LogP contribution in [-0.2, 0) is 18.3 Å². The highest BCUT2D eigenvalue weighted by Gasteiger charge is 2.23. The van der Waals surface area contributed by atoms with Gasteiger partial charge >= 0.3 is 0 Å². The molecule has 0 unspecified atom stereocenters. The molecule has 0 amide bonds. The highest BCUT2D eigenvalue weighted by atomic mass is 16.3. The van der Waals surface area contributed by atoms with E-state index < -0.39 is 0 Å². The lowest BCUT2D eigenvalue weighted by Gasteiger charge is -2.27. The normalized spacial score (nSPS) is 10.7. The summed E-state index contributed by atoms with van der Waals surface area (Å²) in [5.41, 5.74) is 5.66. The maximum Gasteiger partial charge on any atom is 0.119 e. The van der Waals surface area contributed by atoms with Crippen molar-refractivity contribution in [3.8, 4) is 11.5 Å². The van der Waals surface area contributed by atoms with Gasteiger partial charge in [0.15, 0.2) is 0 Å². The van der Waals surface area contributed by atoms with Crippen molar-refractivity contribution in [3.05, 3.63) is 144 Å². The van der Waals surface area contributed by atoms with Gasteiger partial charge in [0.1, 0.15) is 11.5 Å². The highest BCUT2D eigenvalue weighted by Crippen LogP contribution is 2.34. The lowest BCUT2D eigenvalue weighted by Crippen LogP contribution is -2.19. The molecular weight excluding hydrogens is 404 g/mol. The number of aromatic hydroxyl groups is 2. The quantitative estimate of drug-likeness (QED) is 0.309. The average molecular weight is 437 g/mol. The Hall–Kier alpha value is -3.78. The van der Waals surface area contributed by atoms with E-state index in [9.17, 15) is 10.2 Å². The summed E-state index contributed by atoms with van der Waals surface area (Å²) in [7, 11) is 0. The Morgan fingerprint density at radius 2 is 1.21 bits per heavy atom. The van der Waals surface area contributed by atoms with Gasteiger partial charge in [0.25, 0.3) is 0 Å². The lowest BCUT2D eigenvalue weighted by atomic mass is 9.77. The Kier molecular flexibility index (Phi) is 8.10. The van der Waals surface area contributed by atoms with Gasteiger partial charge in [0, 0.05) is 5.41 Å². The molecule has 0 aliphatic heterocycles. The third-order valence-corrected chi connectivity index (χ3v) is 5.85. The summed E-state index contributed by atoms with van der Waals surface area (Å²) in [4.78, 5) is 0. The third kappa shape index (κ3) is 6.60. The molecule has 0 fully saturated rings. The predicted molar refractivity (Wildman–Crippen MR) is 138 cm³/mol. The predicted octanol–water partition coefficient (Wildman–Crippen LogP) is 7.43. The summed E-state index contributed by atoms with van der Waals surface area (Å²) in [5.74, 6) is 0.567. The second-order valence-electron chi connectivity index (χ2n) is 8.66. The van der Waals surface area contributed by atoms with Crippen LogP contribution in [0.1, 0.15) is 41.7 Å². The fraction of sp³-hybridized carbons (Fsp3) is 0.161. The Morgan fingerprint density at radius 1 is 0.697 bits per heavy atom. The van der Waals surface area contributed by atoms with Crippen LogP contribution in [0.5, 0.6) is 11.5 Å². The van der Waals surface area contributed by atoms with E-state index >= 15 is 0 Å². The van der Waals surface area contributed by atoms with Gasteiger partial charge in [-0.3, -0.25) is 0 Å². The fourth-order valence-electron chi connectivity index (χ4n) is 3.77. The molecule has 0 atom stereocenters. The molecule has 0 aliphatic carbocycles. The van der Waals surface area contributed by atoms with Crippen molar-refractivity contribution in [3.63, 3.8) is 0 Å². The minimum atomic E-state index is -0.197. The van der Waals surface area contributed by atoms with Gasteiger partial charge in [-0.15, -0.1) is 6.58 Å². The number of phenolic OH excluding ortho intramolecular Hbond substituents is 2. The highest BCUT2D eigenvalue weighted by molar-refractivity contribution is 5.45. The second kappa shape index (κ2) is 11.2. The van der Waals surface area contributed by atoms with E-state index in [2.05, 4.69) is 81.1 Å². The van der Waals surface area contributed by atoms with Crippen LogP contribution in [0.25, 0.3) is 0 Å². The molecule has 0 saturated heterocycles. The molecular formula is C31H32O2. The van der Waals surface area contributed by atoms with Crippen LogP contribution in [0.4, 0.5) is 0 Å². The minimum absolute atomic E-state index is 0.197. The summed E-state index contributed by atoms with van der Waals surface area (Å²) in [6, 6.07) is 34.0. The van der Waals surface area contributed by atoms with Crippen LogP contribution in [0, 0.1) is 0 Å². The fourth-order valence-corrected chi connectivity index (χ4v) is 3.77. The Morgan fingerprint density at radius 3 is 1.73 bits per heavy atom. The number of hydrogen-bond donors (Lipinski definition) is 2. The van der Waals surface area contributed by atoms with Crippen LogP contribution >= 0.6 is 0 Å². The molecule has 4 aromatic carbocycles. The van der Waals surface area contributed by atoms with Gasteiger partial charge < -0.3 is 10.2 Å². The largest absolute Gasteiger partial charge is 0.508 e. The summed E-state index contributed by atoms with van der Waals surface area (Å²) < 4.78 is 0. The second-order valence-corrected chi connectivity index (χ2v) is 8.66. The number of benzene rings is 4. The van der Waals surface area contributed by atoms with E-state index in [4.69, 9.17) is 0 Å². The minimum Gasteiger partial charge on any atom is -0.508 e. The first kappa shape index (κ1) is 23.9. The molecule has 0 radical (unpaired) electrons. The van der Waals surface area contributed by atoms with Crippen molar-refractivity contribution >= 4 is 0 Å². The smallest absolute Gasteiger partial charge is 0.119 e. The molecule has 4 aromatic rings. The summed E-state index contributed by atoms with van der Waals surface area (Å²) >= 11 is 0. The zero-order chi connectivity index (χ0) is 23.7. The molecule has 0 aliphatic rings.